The van der Waals surface area contributed by atoms with Gasteiger partial charge in [-0.2, -0.15) is 0 Å². The summed E-state index contributed by atoms with van der Waals surface area (Å²) in [6, 6.07) is 5.09. The van der Waals surface area contributed by atoms with Crippen LogP contribution in [0.3, 0.4) is 0 Å². The molecule has 0 saturated heterocycles. The van der Waals surface area contributed by atoms with Crippen LogP contribution in [0, 0.1) is 0 Å². The minimum atomic E-state index is 0.590. The van der Waals surface area contributed by atoms with E-state index in [0.717, 1.165) is 19.4 Å². The average Bonchev–Trinajstić information content (AvgIpc) is 2.77. The maximum atomic E-state index is 4.91. The van der Waals surface area contributed by atoms with Crippen molar-refractivity contribution in [2.75, 3.05) is 5.32 Å². The van der Waals surface area contributed by atoms with Crippen LogP contribution < -0.4 is 5.32 Å². The van der Waals surface area contributed by atoms with E-state index in [4.69, 9.17) is 4.98 Å². The fraction of sp³-hybridized carbons (Fsp3) is 0.533. The first-order valence-corrected chi connectivity index (χ1v) is 7.10. The van der Waals surface area contributed by atoms with E-state index in [-0.39, 0.29) is 0 Å². The molecule has 1 atom stereocenters. The van der Waals surface area contributed by atoms with Crippen LogP contribution in [0.4, 0.5) is 5.69 Å². The zero-order valence-electron chi connectivity index (χ0n) is 10.9. The Hall–Kier alpha value is -1.51. The van der Waals surface area contributed by atoms with Crippen LogP contribution in [0.15, 0.2) is 12.1 Å². The Morgan fingerprint density at radius 2 is 2.22 bits per heavy atom. The van der Waals surface area contributed by atoms with Crippen LogP contribution in [-0.4, -0.2) is 15.6 Å². The maximum Gasteiger partial charge on any atom is 0.109 e. The van der Waals surface area contributed by atoms with E-state index in [9.17, 15) is 0 Å². The van der Waals surface area contributed by atoms with E-state index in [1.54, 1.807) is 0 Å². The first kappa shape index (κ1) is 10.4. The summed E-state index contributed by atoms with van der Waals surface area (Å²) in [7, 11) is 0. The van der Waals surface area contributed by atoms with Gasteiger partial charge in [0.1, 0.15) is 5.82 Å². The summed E-state index contributed by atoms with van der Waals surface area (Å²) >= 11 is 0. The van der Waals surface area contributed by atoms with Gasteiger partial charge in [0.2, 0.25) is 0 Å². The van der Waals surface area contributed by atoms with Crippen molar-refractivity contribution < 1.29 is 0 Å². The van der Waals surface area contributed by atoms with E-state index in [1.165, 1.54) is 47.4 Å². The van der Waals surface area contributed by atoms with Crippen LogP contribution >= 0.6 is 0 Å². The van der Waals surface area contributed by atoms with Gasteiger partial charge in [-0.25, -0.2) is 4.98 Å². The van der Waals surface area contributed by atoms with Gasteiger partial charge in [0.15, 0.2) is 0 Å². The molecule has 1 aromatic carbocycles. The zero-order valence-corrected chi connectivity index (χ0v) is 10.9. The highest BCUT2D eigenvalue weighted by Gasteiger charge is 2.21. The molecule has 2 aliphatic rings. The second-order valence-corrected chi connectivity index (χ2v) is 5.68. The highest BCUT2D eigenvalue weighted by atomic mass is 15.1. The van der Waals surface area contributed by atoms with Crippen molar-refractivity contribution >= 4 is 16.7 Å². The standard InChI is InChI=1S/C15H19N3/c1-10-5-6-11-12(16-10)7-8-13-15(11)17-14-4-2-3-9-18(13)14/h7-8,10,16H,2-6,9H2,1H3. The highest BCUT2D eigenvalue weighted by molar-refractivity contribution is 5.86. The molecule has 2 aromatic rings. The van der Waals surface area contributed by atoms with Gasteiger partial charge in [0, 0.05) is 30.3 Å². The maximum absolute atomic E-state index is 4.91. The van der Waals surface area contributed by atoms with E-state index < -0.39 is 0 Å². The summed E-state index contributed by atoms with van der Waals surface area (Å²) in [4.78, 5) is 4.91. The minimum Gasteiger partial charge on any atom is -0.382 e. The molecule has 0 amide bonds. The molecule has 4 rings (SSSR count). The van der Waals surface area contributed by atoms with Crippen molar-refractivity contribution in [3.05, 3.63) is 23.5 Å². The number of nitrogens with one attached hydrogen (secondary N) is 1. The highest BCUT2D eigenvalue weighted by Crippen LogP contribution is 2.33. The van der Waals surface area contributed by atoms with E-state index in [1.807, 2.05) is 0 Å². The summed E-state index contributed by atoms with van der Waals surface area (Å²) in [5.74, 6) is 1.29. The molecule has 1 N–H and O–H groups in total. The Bertz CT molecular complexity index is 612. The predicted molar refractivity (Wildman–Crippen MR) is 74.1 cm³/mol. The lowest BCUT2D eigenvalue weighted by Gasteiger charge is -2.24. The molecule has 3 heteroatoms. The molecule has 2 aliphatic heterocycles. The van der Waals surface area contributed by atoms with Crippen LogP contribution in [-0.2, 0) is 19.4 Å². The molecule has 18 heavy (non-hydrogen) atoms. The lowest BCUT2D eigenvalue weighted by atomic mass is 9.98. The molecule has 0 fully saturated rings. The molecule has 0 saturated carbocycles. The number of benzene rings is 1. The van der Waals surface area contributed by atoms with Crippen molar-refractivity contribution in [1.82, 2.24) is 9.55 Å². The van der Waals surface area contributed by atoms with Gasteiger partial charge in [-0.15, -0.1) is 0 Å². The second kappa shape index (κ2) is 3.74. The number of nitrogens with zero attached hydrogens (tertiary/aromatic N) is 2. The van der Waals surface area contributed by atoms with Crippen molar-refractivity contribution in [2.24, 2.45) is 0 Å². The van der Waals surface area contributed by atoms with Crippen LogP contribution in [0.2, 0.25) is 0 Å². The normalized spacial score (nSPS) is 22.4. The summed E-state index contributed by atoms with van der Waals surface area (Å²) in [6.45, 7) is 3.40. The predicted octanol–water partition coefficient (Wildman–Crippen LogP) is 3.12. The second-order valence-electron chi connectivity index (χ2n) is 5.68. The number of hydrogen-bond donors (Lipinski definition) is 1. The summed E-state index contributed by atoms with van der Waals surface area (Å²) in [6.07, 6.45) is 6.12. The Kier molecular flexibility index (Phi) is 2.16. The molecule has 94 valence electrons. The van der Waals surface area contributed by atoms with Crippen LogP contribution in [0.5, 0.6) is 0 Å². The van der Waals surface area contributed by atoms with E-state index in [2.05, 4.69) is 28.9 Å². The zero-order chi connectivity index (χ0) is 12.1. The molecule has 0 spiro atoms. The number of hydrogen-bond acceptors (Lipinski definition) is 2. The topological polar surface area (TPSA) is 29.9 Å². The number of aromatic nitrogens is 2. The van der Waals surface area contributed by atoms with Gasteiger partial charge in [0.05, 0.1) is 11.0 Å². The molecule has 3 nitrogen and oxygen atoms in total. The van der Waals surface area contributed by atoms with Gasteiger partial charge < -0.3 is 9.88 Å². The molecule has 3 heterocycles. The van der Waals surface area contributed by atoms with E-state index >= 15 is 0 Å². The number of aryl methyl sites for hydroxylation is 3. The van der Waals surface area contributed by atoms with Crippen LogP contribution in [0.1, 0.15) is 37.6 Å². The van der Waals surface area contributed by atoms with Gasteiger partial charge in [0.25, 0.3) is 0 Å². The number of rotatable bonds is 0. The first-order chi connectivity index (χ1) is 8.83. The fourth-order valence-corrected chi connectivity index (χ4v) is 3.38. The summed E-state index contributed by atoms with van der Waals surface area (Å²) < 4.78 is 2.43. The number of imidazole rings is 1. The van der Waals surface area contributed by atoms with E-state index in [0.29, 0.717) is 6.04 Å². The Morgan fingerprint density at radius 1 is 1.28 bits per heavy atom. The minimum absolute atomic E-state index is 0.590. The molecule has 1 unspecified atom stereocenters. The molecule has 0 radical (unpaired) electrons. The van der Waals surface area contributed by atoms with Crippen molar-refractivity contribution in [3.8, 4) is 0 Å². The SMILES string of the molecule is CC1CCc2c(ccc3c2nc2n3CCCC2)N1. The quantitative estimate of drug-likeness (QED) is 0.768. The Balaban J connectivity index is 1.95. The number of fused-ring (bicyclic) bond motifs is 5. The largest absolute Gasteiger partial charge is 0.382 e. The monoisotopic (exact) mass is 241 g/mol. The average molecular weight is 241 g/mol. The number of anilines is 1. The first-order valence-electron chi connectivity index (χ1n) is 7.10. The lowest BCUT2D eigenvalue weighted by Crippen LogP contribution is -2.22. The third-order valence-corrected chi connectivity index (χ3v) is 4.37. The molecular weight excluding hydrogens is 222 g/mol. The van der Waals surface area contributed by atoms with Gasteiger partial charge in [-0.3, -0.25) is 0 Å². The smallest absolute Gasteiger partial charge is 0.109 e. The van der Waals surface area contributed by atoms with Gasteiger partial charge >= 0.3 is 0 Å². The Morgan fingerprint density at radius 3 is 3.17 bits per heavy atom. The molecule has 0 bridgehead atoms. The van der Waals surface area contributed by atoms with Crippen molar-refractivity contribution in [1.29, 1.82) is 0 Å². The van der Waals surface area contributed by atoms with Gasteiger partial charge in [-0.05, 0) is 44.7 Å². The lowest BCUT2D eigenvalue weighted by molar-refractivity contribution is 0.533. The summed E-state index contributed by atoms with van der Waals surface area (Å²) in [5.41, 5.74) is 5.34. The molecule has 1 aromatic heterocycles. The third-order valence-electron chi connectivity index (χ3n) is 4.37. The van der Waals surface area contributed by atoms with Crippen LogP contribution in [0.25, 0.3) is 11.0 Å². The van der Waals surface area contributed by atoms with Gasteiger partial charge in [-0.1, -0.05) is 0 Å². The fourth-order valence-electron chi connectivity index (χ4n) is 3.38. The Labute approximate surface area is 107 Å². The summed E-state index contributed by atoms with van der Waals surface area (Å²) in [5, 5.41) is 3.58. The third kappa shape index (κ3) is 1.39. The molecule has 0 aliphatic carbocycles. The van der Waals surface area contributed by atoms with Crippen molar-refractivity contribution in [3.63, 3.8) is 0 Å². The molecular formula is C15H19N3. The van der Waals surface area contributed by atoms with Crippen molar-refractivity contribution in [2.45, 2.75) is 51.6 Å².